The van der Waals surface area contributed by atoms with Crippen molar-refractivity contribution in [1.82, 2.24) is 9.97 Å². The monoisotopic (exact) mass is 206 g/mol. The van der Waals surface area contributed by atoms with Crippen LogP contribution in [0.15, 0.2) is 24.5 Å². The fourth-order valence-electron chi connectivity index (χ4n) is 1.53. The number of aromatic nitrogens is 2. The van der Waals surface area contributed by atoms with Crippen LogP contribution in [0.5, 0.6) is 0 Å². The molecule has 1 aromatic heterocycles. The van der Waals surface area contributed by atoms with Crippen molar-refractivity contribution in [2.24, 2.45) is 11.5 Å². The Labute approximate surface area is 87.1 Å². The number of aromatic amines is 1. The number of benzene rings is 1. The standard InChI is InChI=1S/C10H14N4O/c11-4-9(15)10(12)6-1-2-7-8(3-6)14-5-13-7/h1-3,5,9-10,15H,4,11-12H2,(H,13,14). The molecule has 0 bridgehead atoms. The van der Waals surface area contributed by atoms with Gasteiger partial charge in [0.25, 0.3) is 0 Å². The minimum Gasteiger partial charge on any atom is -0.390 e. The molecular weight excluding hydrogens is 192 g/mol. The van der Waals surface area contributed by atoms with E-state index in [2.05, 4.69) is 9.97 Å². The van der Waals surface area contributed by atoms with E-state index in [-0.39, 0.29) is 6.54 Å². The Hall–Kier alpha value is -1.43. The summed E-state index contributed by atoms with van der Waals surface area (Å²) < 4.78 is 0. The number of aliphatic hydroxyl groups excluding tert-OH is 1. The number of aliphatic hydroxyl groups is 1. The summed E-state index contributed by atoms with van der Waals surface area (Å²) >= 11 is 0. The zero-order valence-electron chi connectivity index (χ0n) is 8.22. The fourth-order valence-corrected chi connectivity index (χ4v) is 1.53. The summed E-state index contributed by atoms with van der Waals surface area (Å²) in [5.74, 6) is 0. The second kappa shape index (κ2) is 3.98. The Balaban J connectivity index is 2.35. The quantitative estimate of drug-likeness (QED) is 0.562. The number of nitrogens with one attached hydrogen (secondary N) is 1. The van der Waals surface area contributed by atoms with Crippen LogP contribution in [0.4, 0.5) is 0 Å². The van der Waals surface area contributed by atoms with Gasteiger partial charge in [-0.3, -0.25) is 0 Å². The maximum absolute atomic E-state index is 9.53. The van der Waals surface area contributed by atoms with Crippen molar-refractivity contribution in [3.63, 3.8) is 0 Å². The van der Waals surface area contributed by atoms with E-state index in [1.165, 1.54) is 0 Å². The lowest BCUT2D eigenvalue weighted by molar-refractivity contribution is 0.153. The van der Waals surface area contributed by atoms with Crippen LogP contribution >= 0.6 is 0 Å². The molecule has 2 atom stereocenters. The molecule has 5 nitrogen and oxygen atoms in total. The van der Waals surface area contributed by atoms with Gasteiger partial charge in [-0.15, -0.1) is 0 Å². The lowest BCUT2D eigenvalue weighted by Crippen LogP contribution is -2.32. The van der Waals surface area contributed by atoms with Crippen LogP contribution in [0.25, 0.3) is 11.0 Å². The first-order valence-corrected chi connectivity index (χ1v) is 4.79. The van der Waals surface area contributed by atoms with Crippen LogP contribution in [-0.4, -0.2) is 27.7 Å². The fraction of sp³-hybridized carbons (Fsp3) is 0.300. The zero-order valence-corrected chi connectivity index (χ0v) is 8.22. The molecular formula is C10H14N4O. The van der Waals surface area contributed by atoms with Crippen LogP contribution in [0.3, 0.4) is 0 Å². The molecule has 0 radical (unpaired) electrons. The van der Waals surface area contributed by atoms with Crippen LogP contribution in [0, 0.1) is 0 Å². The third-order valence-electron chi connectivity index (χ3n) is 2.49. The number of rotatable bonds is 3. The lowest BCUT2D eigenvalue weighted by Gasteiger charge is -2.17. The molecule has 2 aromatic rings. The van der Waals surface area contributed by atoms with Crippen molar-refractivity contribution in [2.45, 2.75) is 12.1 Å². The maximum Gasteiger partial charge on any atom is 0.0931 e. The molecule has 0 spiro atoms. The van der Waals surface area contributed by atoms with Crippen molar-refractivity contribution in [2.75, 3.05) is 6.54 Å². The van der Waals surface area contributed by atoms with Gasteiger partial charge in [0, 0.05) is 6.54 Å². The first-order valence-electron chi connectivity index (χ1n) is 4.79. The number of nitrogens with two attached hydrogens (primary N) is 2. The van der Waals surface area contributed by atoms with Crippen molar-refractivity contribution >= 4 is 11.0 Å². The van der Waals surface area contributed by atoms with Crippen molar-refractivity contribution in [1.29, 1.82) is 0 Å². The molecule has 0 aliphatic carbocycles. The van der Waals surface area contributed by atoms with Gasteiger partial charge in [0.05, 0.1) is 29.5 Å². The second-order valence-corrected chi connectivity index (χ2v) is 3.51. The molecule has 0 fully saturated rings. The van der Waals surface area contributed by atoms with E-state index in [9.17, 15) is 5.11 Å². The van der Waals surface area contributed by atoms with E-state index in [4.69, 9.17) is 11.5 Å². The average molecular weight is 206 g/mol. The average Bonchev–Trinajstić information content (AvgIpc) is 2.73. The van der Waals surface area contributed by atoms with E-state index in [1.807, 2.05) is 18.2 Å². The van der Waals surface area contributed by atoms with Crippen LogP contribution in [0.2, 0.25) is 0 Å². The van der Waals surface area contributed by atoms with E-state index >= 15 is 0 Å². The summed E-state index contributed by atoms with van der Waals surface area (Å²) in [5.41, 5.74) is 13.8. The third-order valence-corrected chi connectivity index (χ3v) is 2.49. The zero-order chi connectivity index (χ0) is 10.8. The van der Waals surface area contributed by atoms with E-state index in [0.29, 0.717) is 0 Å². The first kappa shape index (κ1) is 10.1. The van der Waals surface area contributed by atoms with Crippen LogP contribution in [-0.2, 0) is 0 Å². The molecule has 5 heteroatoms. The first-order chi connectivity index (χ1) is 7.22. The number of H-pyrrole nitrogens is 1. The van der Waals surface area contributed by atoms with Gasteiger partial charge in [-0.25, -0.2) is 4.98 Å². The molecule has 0 aliphatic rings. The summed E-state index contributed by atoms with van der Waals surface area (Å²) in [4.78, 5) is 7.09. The summed E-state index contributed by atoms with van der Waals surface area (Å²) in [6, 6.07) is 5.14. The van der Waals surface area contributed by atoms with Gasteiger partial charge in [0.15, 0.2) is 0 Å². The number of hydrogen-bond donors (Lipinski definition) is 4. The molecule has 0 saturated carbocycles. The molecule has 1 aromatic carbocycles. The third kappa shape index (κ3) is 1.85. The Bertz CT molecular complexity index is 453. The molecule has 0 aliphatic heterocycles. The summed E-state index contributed by atoms with van der Waals surface area (Å²) in [6.45, 7) is 0.155. The van der Waals surface area contributed by atoms with E-state index in [0.717, 1.165) is 16.6 Å². The lowest BCUT2D eigenvalue weighted by atomic mass is 10.0. The molecule has 1 heterocycles. The van der Waals surface area contributed by atoms with Crippen molar-refractivity contribution < 1.29 is 5.11 Å². The van der Waals surface area contributed by atoms with Gasteiger partial charge in [0.2, 0.25) is 0 Å². The smallest absolute Gasteiger partial charge is 0.0931 e. The normalized spacial score (nSPS) is 15.4. The van der Waals surface area contributed by atoms with Gasteiger partial charge in [-0.05, 0) is 17.7 Å². The molecule has 2 rings (SSSR count). The molecule has 80 valence electrons. The number of nitrogens with zero attached hydrogens (tertiary/aromatic N) is 1. The van der Waals surface area contributed by atoms with Crippen molar-refractivity contribution in [3.8, 4) is 0 Å². The topological polar surface area (TPSA) is 101 Å². The summed E-state index contributed by atoms with van der Waals surface area (Å²) in [6.07, 6.45) is 0.907. The van der Waals surface area contributed by atoms with Gasteiger partial charge < -0.3 is 21.6 Å². The summed E-state index contributed by atoms with van der Waals surface area (Å²) in [5, 5.41) is 9.53. The number of fused-ring (bicyclic) bond motifs is 1. The van der Waals surface area contributed by atoms with Gasteiger partial charge in [-0.1, -0.05) is 6.07 Å². The van der Waals surface area contributed by atoms with Crippen LogP contribution in [0.1, 0.15) is 11.6 Å². The Kier molecular flexibility index (Phi) is 2.68. The maximum atomic E-state index is 9.53. The Morgan fingerprint density at radius 3 is 3.00 bits per heavy atom. The largest absolute Gasteiger partial charge is 0.390 e. The molecule has 0 amide bonds. The SMILES string of the molecule is NCC(O)C(N)c1ccc2nc[nH]c2c1. The predicted octanol–water partition coefficient (Wildman–Crippen LogP) is -0.118. The minimum atomic E-state index is -0.717. The minimum absolute atomic E-state index is 0.155. The van der Waals surface area contributed by atoms with Gasteiger partial charge in [-0.2, -0.15) is 0 Å². The van der Waals surface area contributed by atoms with E-state index in [1.54, 1.807) is 6.33 Å². The highest BCUT2D eigenvalue weighted by Gasteiger charge is 2.15. The predicted molar refractivity (Wildman–Crippen MR) is 58.1 cm³/mol. The highest BCUT2D eigenvalue weighted by molar-refractivity contribution is 5.75. The molecule has 2 unspecified atom stereocenters. The highest BCUT2D eigenvalue weighted by atomic mass is 16.3. The summed E-state index contributed by atoms with van der Waals surface area (Å²) in [7, 11) is 0. The van der Waals surface area contributed by atoms with Crippen LogP contribution < -0.4 is 11.5 Å². The number of imidazole rings is 1. The van der Waals surface area contributed by atoms with Gasteiger partial charge in [0.1, 0.15) is 0 Å². The van der Waals surface area contributed by atoms with E-state index < -0.39 is 12.1 Å². The van der Waals surface area contributed by atoms with Gasteiger partial charge >= 0.3 is 0 Å². The molecule has 6 N–H and O–H groups in total. The Morgan fingerprint density at radius 2 is 2.27 bits per heavy atom. The van der Waals surface area contributed by atoms with Crippen molar-refractivity contribution in [3.05, 3.63) is 30.1 Å². The number of hydrogen-bond acceptors (Lipinski definition) is 4. The second-order valence-electron chi connectivity index (χ2n) is 3.51. The molecule has 0 saturated heterocycles. The Morgan fingerprint density at radius 1 is 1.47 bits per heavy atom. The molecule has 15 heavy (non-hydrogen) atoms. The highest BCUT2D eigenvalue weighted by Crippen LogP contribution is 2.18.